The van der Waals surface area contributed by atoms with Crippen molar-refractivity contribution in [3.8, 4) is 0 Å². The number of unbranched alkanes of at least 4 members (excludes halogenated alkanes) is 2. The van der Waals surface area contributed by atoms with Crippen LogP contribution < -0.4 is 5.30 Å². The van der Waals surface area contributed by atoms with Crippen LogP contribution in [0.5, 0.6) is 0 Å². The molecule has 1 unspecified atom stereocenters. The van der Waals surface area contributed by atoms with Crippen molar-refractivity contribution in [3.63, 3.8) is 0 Å². The van der Waals surface area contributed by atoms with Crippen molar-refractivity contribution in [1.82, 2.24) is 0 Å². The molecule has 3 heteroatoms. The summed E-state index contributed by atoms with van der Waals surface area (Å²) >= 11 is 0. The zero-order valence-corrected chi connectivity index (χ0v) is 16.0. The topological polar surface area (TPSA) is 34.1 Å². The standard InChI is InChI=1S/C21H26O2P/c1-5-6-9-12-24(23)19-11-8-7-10-18(19)21(22)20-16(3)13-15(2)14-17(20)4/h7-8,10-11,13-14H,5-6,9,12H2,1-4H3/q+1. The fourth-order valence-corrected chi connectivity index (χ4v) is 4.63. The summed E-state index contributed by atoms with van der Waals surface area (Å²) in [4.78, 5) is 13.1. The molecule has 0 saturated carbocycles. The van der Waals surface area contributed by atoms with Gasteiger partial charge in [-0.25, -0.2) is 0 Å². The number of hydrogen-bond donors (Lipinski definition) is 0. The third-order valence-electron chi connectivity index (χ3n) is 4.29. The molecule has 2 rings (SSSR count). The highest BCUT2D eigenvalue weighted by Crippen LogP contribution is 2.27. The van der Waals surface area contributed by atoms with Crippen LogP contribution in [0.1, 0.15) is 58.8 Å². The smallest absolute Gasteiger partial charge is 0.288 e. The summed E-state index contributed by atoms with van der Waals surface area (Å²) in [6, 6.07) is 11.4. The van der Waals surface area contributed by atoms with E-state index >= 15 is 0 Å². The van der Waals surface area contributed by atoms with Gasteiger partial charge in [0.2, 0.25) is 5.30 Å². The Morgan fingerprint density at radius 2 is 1.62 bits per heavy atom. The molecule has 0 bridgehead atoms. The lowest BCUT2D eigenvalue weighted by Crippen LogP contribution is -2.16. The molecule has 0 heterocycles. The van der Waals surface area contributed by atoms with E-state index in [4.69, 9.17) is 0 Å². The monoisotopic (exact) mass is 341 g/mol. The van der Waals surface area contributed by atoms with Gasteiger partial charge in [0.05, 0.1) is 5.56 Å². The van der Waals surface area contributed by atoms with Crippen LogP contribution in [0, 0.1) is 20.8 Å². The van der Waals surface area contributed by atoms with Gasteiger partial charge in [0.1, 0.15) is 0 Å². The Bertz CT molecular complexity index is 739. The molecule has 2 nitrogen and oxygen atoms in total. The summed E-state index contributed by atoms with van der Waals surface area (Å²) in [7, 11) is -1.53. The molecule has 0 radical (unpaired) electrons. The first-order valence-electron chi connectivity index (χ1n) is 8.62. The maximum absolute atomic E-state index is 13.1. The third-order valence-corrected chi connectivity index (χ3v) is 5.94. The highest BCUT2D eigenvalue weighted by Gasteiger charge is 2.28. The molecule has 24 heavy (non-hydrogen) atoms. The van der Waals surface area contributed by atoms with Crippen LogP contribution >= 0.6 is 7.80 Å². The summed E-state index contributed by atoms with van der Waals surface area (Å²) in [6.07, 6.45) is 3.77. The van der Waals surface area contributed by atoms with Crippen LogP contribution in [0.2, 0.25) is 0 Å². The molecule has 0 N–H and O–H groups in total. The summed E-state index contributed by atoms with van der Waals surface area (Å²) in [5.41, 5.74) is 4.44. The average Bonchev–Trinajstić information content (AvgIpc) is 2.54. The van der Waals surface area contributed by atoms with Crippen molar-refractivity contribution < 1.29 is 9.36 Å². The van der Waals surface area contributed by atoms with Crippen molar-refractivity contribution in [2.24, 2.45) is 0 Å². The van der Waals surface area contributed by atoms with E-state index < -0.39 is 7.80 Å². The predicted octanol–water partition coefficient (Wildman–Crippen LogP) is 5.49. The van der Waals surface area contributed by atoms with Crippen LogP contribution in [0.4, 0.5) is 0 Å². The molecule has 0 aromatic heterocycles. The Balaban J connectivity index is 2.39. The van der Waals surface area contributed by atoms with Crippen molar-refractivity contribution in [1.29, 1.82) is 0 Å². The molecule has 1 atom stereocenters. The molecule has 126 valence electrons. The van der Waals surface area contributed by atoms with Gasteiger partial charge in [-0.05, 0) is 56.9 Å². The molecule has 0 aliphatic carbocycles. The number of benzene rings is 2. The molecule has 2 aromatic carbocycles. The lowest BCUT2D eigenvalue weighted by molar-refractivity contribution is 0.103. The number of aryl methyl sites for hydroxylation is 3. The molecule has 0 fully saturated rings. The fraction of sp³-hybridized carbons (Fsp3) is 0.381. The number of hydrogen-bond acceptors (Lipinski definition) is 2. The third kappa shape index (κ3) is 4.19. The average molecular weight is 341 g/mol. The van der Waals surface area contributed by atoms with Gasteiger partial charge in [-0.2, -0.15) is 0 Å². The zero-order chi connectivity index (χ0) is 17.7. The summed E-state index contributed by atoms with van der Waals surface area (Å²) in [6.45, 7) is 8.11. The van der Waals surface area contributed by atoms with E-state index in [9.17, 15) is 9.36 Å². The minimum absolute atomic E-state index is 0.0144. The minimum atomic E-state index is -1.53. The molecule has 2 aromatic rings. The Morgan fingerprint density at radius 1 is 1.00 bits per heavy atom. The molecular weight excluding hydrogens is 315 g/mol. The highest BCUT2D eigenvalue weighted by molar-refractivity contribution is 7.53. The first-order chi connectivity index (χ1) is 11.5. The van der Waals surface area contributed by atoms with E-state index in [1.165, 1.54) is 0 Å². The van der Waals surface area contributed by atoms with Crippen LogP contribution in [0.25, 0.3) is 0 Å². The number of rotatable bonds is 7. The largest absolute Gasteiger partial charge is 0.377 e. The van der Waals surface area contributed by atoms with Gasteiger partial charge in [0.25, 0.3) is 0 Å². The molecule has 0 spiro atoms. The maximum atomic E-state index is 13.1. The predicted molar refractivity (Wildman–Crippen MR) is 102 cm³/mol. The number of ketones is 1. The lowest BCUT2D eigenvalue weighted by Gasteiger charge is -2.10. The quantitative estimate of drug-likeness (QED) is 0.379. The molecule has 0 saturated heterocycles. The Labute approximate surface area is 146 Å². The Kier molecular flexibility index (Phi) is 6.45. The maximum Gasteiger partial charge on any atom is 0.377 e. The molecular formula is C21H26O2P+. The summed E-state index contributed by atoms with van der Waals surface area (Å²) in [5.74, 6) is -0.0144. The second kappa shape index (κ2) is 8.35. The van der Waals surface area contributed by atoms with Crippen molar-refractivity contribution >= 4 is 18.9 Å². The first-order valence-corrected chi connectivity index (χ1v) is 10.1. The van der Waals surface area contributed by atoms with Gasteiger partial charge >= 0.3 is 7.80 Å². The summed E-state index contributed by atoms with van der Waals surface area (Å²) in [5, 5.41) is 0.702. The molecule has 0 aliphatic rings. The highest BCUT2D eigenvalue weighted by atomic mass is 31.1. The van der Waals surface area contributed by atoms with Gasteiger partial charge in [-0.3, -0.25) is 4.79 Å². The zero-order valence-electron chi connectivity index (χ0n) is 15.1. The van der Waals surface area contributed by atoms with Crippen LogP contribution in [-0.2, 0) is 4.57 Å². The van der Waals surface area contributed by atoms with Crippen LogP contribution in [-0.4, -0.2) is 11.9 Å². The normalized spacial score (nSPS) is 11.4. The molecule has 0 aliphatic heterocycles. The fourth-order valence-electron chi connectivity index (χ4n) is 3.18. The molecule has 0 amide bonds. The second-order valence-electron chi connectivity index (χ2n) is 6.43. The van der Waals surface area contributed by atoms with E-state index in [1.807, 2.05) is 57.2 Å². The SMILES string of the molecule is CCCCC[P+](=O)c1ccccc1C(=O)c1c(C)cc(C)cc1C. The van der Waals surface area contributed by atoms with Gasteiger partial charge in [-0.15, -0.1) is 0 Å². The van der Waals surface area contributed by atoms with Crippen molar-refractivity contribution in [2.45, 2.75) is 47.0 Å². The van der Waals surface area contributed by atoms with Gasteiger partial charge in [0.15, 0.2) is 11.9 Å². The second-order valence-corrected chi connectivity index (χ2v) is 8.12. The Morgan fingerprint density at radius 3 is 2.25 bits per heavy atom. The van der Waals surface area contributed by atoms with E-state index in [0.29, 0.717) is 17.0 Å². The van der Waals surface area contributed by atoms with E-state index in [1.54, 1.807) is 0 Å². The van der Waals surface area contributed by atoms with Crippen LogP contribution in [0.3, 0.4) is 0 Å². The van der Waals surface area contributed by atoms with Crippen molar-refractivity contribution in [3.05, 3.63) is 64.2 Å². The van der Waals surface area contributed by atoms with Gasteiger partial charge < -0.3 is 0 Å². The van der Waals surface area contributed by atoms with E-state index in [2.05, 4.69) is 6.92 Å². The Hall–Kier alpha value is -1.79. The lowest BCUT2D eigenvalue weighted by atomic mass is 9.93. The van der Waals surface area contributed by atoms with Gasteiger partial charge in [-0.1, -0.05) is 47.7 Å². The van der Waals surface area contributed by atoms with E-state index in [0.717, 1.165) is 41.5 Å². The van der Waals surface area contributed by atoms with E-state index in [-0.39, 0.29) is 5.78 Å². The minimum Gasteiger partial charge on any atom is -0.288 e. The van der Waals surface area contributed by atoms with Gasteiger partial charge in [0, 0.05) is 5.56 Å². The summed E-state index contributed by atoms with van der Waals surface area (Å²) < 4.78 is 12.7. The number of carbonyl (C=O) groups is 1. The van der Waals surface area contributed by atoms with Crippen molar-refractivity contribution in [2.75, 3.05) is 6.16 Å². The first kappa shape index (κ1) is 18.5. The van der Waals surface area contributed by atoms with Crippen LogP contribution in [0.15, 0.2) is 36.4 Å². The number of carbonyl (C=O) groups excluding carboxylic acids is 1.